The van der Waals surface area contributed by atoms with Gasteiger partial charge in [-0.25, -0.2) is 0 Å². The van der Waals surface area contributed by atoms with E-state index >= 15 is 0 Å². The first-order chi connectivity index (χ1) is 8.93. The molecule has 19 heavy (non-hydrogen) atoms. The quantitative estimate of drug-likeness (QED) is 0.629. The van der Waals surface area contributed by atoms with E-state index in [2.05, 4.69) is 0 Å². The number of fused-ring (bicyclic) bond motifs is 1. The molecule has 0 saturated carbocycles. The number of rotatable bonds is 3. The van der Waals surface area contributed by atoms with Crippen LogP contribution in [0.15, 0.2) is 24.3 Å². The van der Waals surface area contributed by atoms with Crippen molar-refractivity contribution in [1.82, 2.24) is 4.57 Å². The second-order valence-electron chi connectivity index (χ2n) is 4.64. The van der Waals surface area contributed by atoms with E-state index in [4.69, 9.17) is 4.74 Å². The van der Waals surface area contributed by atoms with E-state index in [0.29, 0.717) is 5.56 Å². The predicted molar refractivity (Wildman–Crippen MR) is 73.1 cm³/mol. The Morgan fingerprint density at radius 2 is 1.84 bits per heavy atom. The highest BCUT2D eigenvalue weighted by Crippen LogP contribution is 2.31. The molecular weight excluding hydrogens is 242 g/mol. The number of nitrogens with zero attached hydrogens (tertiary/aromatic N) is 1. The Hall–Kier alpha value is -2.10. The maximum Gasteiger partial charge on any atom is 0.303 e. The summed E-state index contributed by atoms with van der Waals surface area (Å²) in [6, 6.07) is 7.68. The Labute approximate surface area is 112 Å². The molecule has 1 aromatic carbocycles. The molecule has 0 N–H and O–H groups in total. The van der Waals surface area contributed by atoms with Crippen LogP contribution in [-0.4, -0.2) is 16.3 Å². The van der Waals surface area contributed by atoms with Gasteiger partial charge in [0.2, 0.25) is 0 Å². The molecule has 0 aliphatic carbocycles. The van der Waals surface area contributed by atoms with Gasteiger partial charge >= 0.3 is 5.97 Å². The molecule has 2 aromatic rings. The number of hydrogen-bond donors (Lipinski definition) is 0. The molecule has 0 bridgehead atoms. The number of ether oxygens (including phenoxy) is 1. The zero-order chi connectivity index (χ0) is 14.2. The standard InChI is InChI=1S/C15H17NO3/c1-9(17)14-12-7-5-6-8-13(12)16(4)15(14)10(2)19-11(3)18/h5-8,10H,1-4H3. The van der Waals surface area contributed by atoms with Crippen molar-refractivity contribution in [3.8, 4) is 0 Å². The first-order valence-electron chi connectivity index (χ1n) is 6.19. The summed E-state index contributed by atoms with van der Waals surface area (Å²) < 4.78 is 7.14. The van der Waals surface area contributed by atoms with Gasteiger partial charge in [-0.2, -0.15) is 0 Å². The topological polar surface area (TPSA) is 48.3 Å². The molecule has 0 saturated heterocycles. The number of carbonyl (C=O) groups is 2. The van der Waals surface area contributed by atoms with Crippen LogP contribution in [0, 0.1) is 0 Å². The van der Waals surface area contributed by atoms with Crippen molar-refractivity contribution >= 4 is 22.7 Å². The lowest BCUT2D eigenvalue weighted by Crippen LogP contribution is -2.12. The average molecular weight is 259 g/mol. The first kappa shape index (κ1) is 13.3. The highest BCUT2D eigenvalue weighted by molar-refractivity contribution is 6.08. The van der Waals surface area contributed by atoms with Crippen molar-refractivity contribution in [2.75, 3.05) is 0 Å². The van der Waals surface area contributed by atoms with Crippen LogP contribution in [0.1, 0.15) is 42.9 Å². The minimum atomic E-state index is -0.450. The van der Waals surface area contributed by atoms with Crippen LogP contribution in [0.25, 0.3) is 10.9 Å². The van der Waals surface area contributed by atoms with Gasteiger partial charge in [0.05, 0.1) is 5.69 Å². The summed E-state index contributed by atoms with van der Waals surface area (Å²) in [7, 11) is 1.88. The Bertz CT molecular complexity index is 655. The van der Waals surface area contributed by atoms with E-state index < -0.39 is 6.10 Å². The zero-order valence-corrected chi connectivity index (χ0v) is 11.6. The fraction of sp³-hybridized carbons (Fsp3) is 0.333. The molecule has 0 amide bonds. The van der Waals surface area contributed by atoms with Crippen molar-refractivity contribution in [3.05, 3.63) is 35.5 Å². The maximum atomic E-state index is 11.9. The van der Waals surface area contributed by atoms with Crippen molar-refractivity contribution in [3.63, 3.8) is 0 Å². The molecule has 0 fully saturated rings. The number of Topliss-reactive ketones (excluding diaryl/α,β-unsaturated/α-hetero) is 1. The number of aryl methyl sites for hydroxylation is 1. The Morgan fingerprint density at radius 1 is 1.21 bits per heavy atom. The number of esters is 1. The molecular formula is C15H17NO3. The molecule has 1 unspecified atom stereocenters. The fourth-order valence-electron chi connectivity index (χ4n) is 2.56. The van der Waals surface area contributed by atoms with E-state index in [1.807, 2.05) is 35.9 Å². The average Bonchev–Trinajstić information content (AvgIpc) is 2.62. The minimum absolute atomic E-state index is 0.0224. The molecule has 2 rings (SSSR count). The number of carbonyl (C=O) groups excluding carboxylic acids is 2. The summed E-state index contributed by atoms with van der Waals surface area (Å²) >= 11 is 0. The largest absolute Gasteiger partial charge is 0.456 e. The molecule has 1 aromatic heterocycles. The fourth-order valence-corrected chi connectivity index (χ4v) is 2.56. The van der Waals surface area contributed by atoms with E-state index in [1.54, 1.807) is 6.92 Å². The normalized spacial score (nSPS) is 12.4. The van der Waals surface area contributed by atoms with Gasteiger partial charge in [-0.1, -0.05) is 18.2 Å². The Kier molecular flexibility index (Phi) is 3.42. The van der Waals surface area contributed by atoms with Crippen LogP contribution in [-0.2, 0) is 16.6 Å². The van der Waals surface area contributed by atoms with Gasteiger partial charge in [-0.3, -0.25) is 9.59 Å². The summed E-state index contributed by atoms with van der Waals surface area (Å²) in [5.41, 5.74) is 2.33. The van der Waals surface area contributed by atoms with Crippen LogP contribution in [0.5, 0.6) is 0 Å². The van der Waals surface area contributed by atoms with E-state index in [-0.39, 0.29) is 11.8 Å². The zero-order valence-electron chi connectivity index (χ0n) is 11.6. The van der Waals surface area contributed by atoms with Crippen molar-refractivity contribution in [2.24, 2.45) is 7.05 Å². The smallest absolute Gasteiger partial charge is 0.303 e. The number of aromatic nitrogens is 1. The Balaban J connectivity index is 2.71. The third-order valence-corrected chi connectivity index (χ3v) is 3.23. The molecule has 100 valence electrons. The van der Waals surface area contributed by atoms with Crippen LogP contribution >= 0.6 is 0 Å². The van der Waals surface area contributed by atoms with Gasteiger partial charge in [0.25, 0.3) is 0 Å². The summed E-state index contributed by atoms with van der Waals surface area (Å²) in [5, 5.41) is 0.895. The molecule has 0 aliphatic rings. The van der Waals surface area contributed by atoms with Crippen LogP contribution in [0.4, 0.5) is 0 Å². The second-order valence-corrected chi connectivity index (χ2v) is 4.64. The van der Waals surface area contributed by atoms with Gasteiger partial charge in [-0.05, 0) is 19.9 Å². The summed E-state index contributed by atoms with van der Waals surface area (Å²) in [6.45, 7) is 4.68. The van der Waals surface area contributed by atoms with Gasteiger partial charge < -0.3 is 9.30 Å². The van der Waals surface area contributed by atoms with Gasteiger partial charge in [0.1, 0.15) is 6.10 Å². The molecule has 4 nitrogen and oxygen atoms in total. The molecule has 0 spiro atoms. The van der Waals surface area contributed by atoms with E-state index in [1.165, 1.54) is 13.8 Å². The van der Waals surface area contributed by atoms with Crippen LogP contribution in [0.2, 0.25) is 0 Å². The summed E-state index contributed by atoms with van der Waals surface area (Å²) in [4.78, 5) is 23.0. The minimum Gasteiger partial charge on any atom is -0.456 e. The lowest BCUT2D eigenvalue weighted by atomic mass is 10.0. The second kappa shape index (κ2) is 4.88. The van der Waals surface area contributed by atoms with E-state index in [0.717, 1.165) is 16.6 Å². The van der Waals surface area contributed by atoms with Crippen molar-refractivity contribution in [1.29, 1.82) is 0 Å². The third kappa shape index (κ3) is 2.26. The van der Waals surface area contributed by atoms with Crippen LogP contribution in [0.3, 0.4) is 0 Å². The monoisotopic (exact) mass is 259 g/mol. The lowest BCUT2D eigenvalue weighted by Gasteiger charge is -2.15. The molecule has 1 heterocycles. The first-order valence-corrected chi connectivity index (χ1v) is 6.19. The predicted octanol–water partition coefficient (Wildman–Crippen LogP) is 3.01. The maximum absolute atomic E-state index is 11.9. The number of benzene rings is 1. The Morgan fingerprint density at radius 3 is 2.42 bits per heavy atom. The summed E-state index contributed by atoms with van der Waals surface area (Å²) in [6.07, 6.45) is -0.450. The number of ketones is 1. The SMILES string of the molecule is CC(=O)OC(C)c1c(C(C)=O)c2ccccc2n1C. The number of hydrogen-bond acceptors (Lipinski definition) is 3. The highest BCUT2D eigenvalue weighted by atomic mass is 16.5. The van der Waals surface area contributed by atoms with Crippen molar-refractivity contribution < 1.29 is 14.3 Å². The highest BCUT2D eigenvalue weighted by Gasteiger charge is 2.23. The van der Waals surface area contributed by atoms with Gasteiger partial charge in [0, 0.05) is 30.4 Å². The molecule has 4 heteroatoms. The van der Waals surface area contributed by atoms with E-state index in [9.17, 15) is 9.59 Å². The summed E-state index contributed by atoms with van der Waals surface area (Å²) in [5.74, 6) is -0.377. The third-order valence-electron chi connectivity index (χ3n) is 3.23. The number of para-hydroxylation sites is 1. The molecule has 1 atom stereocenters. The van der Waals surface area contributed by atoms with Crippen LogP contribution < -0.4 is 0 Å². The van der Waals surface area contributed by atoms with Crippen molar-refractivity contribution in [2.45, 2.75) is 26.9 Å². The van der Waals surface area contributed by atoms with Gasteiger partial charge in [-0.15, -0.1) is 0 Å². The lowest BCUT2D eigenvalue weighted by molar-refractivity contribution is -0.146. The molecule has 0 radical (unpaired) electrons. The van der Waals surface area contributed by atoms with Gasteiger partial charge in [0.15, 0.2) is 5.78 Å². The molecule has 0 aliphatic heterocycles.